The Morgan fingerprint density at radius 1 is 1.20 bits per heavy atom. The number of hydrogen-bond donors (Lipinski definition) is 1. The molecule has 3 aromatic rings. The summed E-state index contributed by atoms with van der Waals surface area (Å²) in [7, 11) is 1.62. The van der Waals surface area contributed by atoms with Gasteiger partial charge in [-0.2, -0.15) is 0 Å². The molecule has 30 heavy (non-hydrogen) atoms. The molecule has 2 heterocycles. The number of anilines is 1. The number of benzene rings is 2. The van der Waals surface area contributed by atoms with Crippen LogP contribution in [0.25, 0.3) is 10.2 Å². The van der Waals surface area contributed by atoms with E-state index in [2.05, 4.69) is 26.0 Å². The molecule has 6 nitrogen and oxygen atoms in total. The van der Waals surface area contributed by atoms with Gasteiger partial charge in [0.1, 0.15) is 18.8 Å². The highest BCUT2D eigenvalue weighted by atomic mass is 32.1. The van der Waals surface area contributed by atoms with Gasteiger partial charge in [-0.1, -0.05) is 17.4 Å². The van der Waals surface area contributed by atoms with E-state index in [0.29, 0.717) is 12.1 Å². The van der Waals surface area contributed by atoms with Crippen molar-refractivity contribution >= 4 is 32.6 Å². The first kappa shape index (κ1) is 20.8. The van der Waals surface area contributed by atoms with Gasteiger partial charge in [-0.3, -0.25) is 9.69 Å². The largest absolute Gasteiger partial charge is 0.497 e. The van der Waals surface area contributed by atoms with Crippen LogP contribution >= 0.6 is 11.3 Å². The molecule has 0 aliphatic carbocycles. The Kier molecular flexibility index (Phi) is 6.32. The number of thiazole rings is 1. The second kappa shape index (κ2) is 9.12. The summed E-state index contributed by atoms with van der Waals surface area (Å²) in [6.07, 6.45) is 0. The van der Waals surface area contributed by atoms with Crippen LogP contribution in [0, 0.1) is 13.8 Å². The minimum absolute atomic E-state index is 0.0289. The van der Waals surface area contributed by atoms with Crippen LogP contribution in [0.1, 0.15) is 21.5 Å². The van der Waals surface area contributed by atoms with E-state index in [9.17, 15) is 4.79 Å². The van der Waals surface area contributed by atoms with E-state index < -0.39 is 0 Å². The van der Waals surface area contributed by atoms with Crippen LogP contribution < -0.4 is 14.5 Å². The molecule has 1 amide bonds. The normalized spacial score (nSPS) is 14.8. The van der Waals surface area contributed by atoms with Gasteiger partial charge in [0.2, 0.25) is 0 Å². The van der Waals surface area contributed by atoms with Crippen molar-refractivity contribution in [3.05, 3.63) is 53.1 Å². The summed E-state index contributed by atoms with van der Waals surface area (Å²) in [4.78, 5) is 21.6. The Labute approximate surface area is 181 Å². The lowest BCUT2D eigenvalue weighted by molar-refractivity contribution is -0.906. The summed E-state index contributed by atoms with van der Waals surface area (Å²) < 4.78 is 11.8. The van der Waals surface area contributed by atoms with Gasteiger partial charge in [0.25, 0.3) is 5.91 Å². The number of fused-ring (bicyclic) bond motifs is 1. The third kappa shape index (κ3) is 4.48. The molecule has 0 spiro atoms. The Hall–Kier alpha value is -2.48. The Bertz CT molecular complexity index is 1030. The molecule has 0 saturated carbocycles. The van der Waals surface area contributed by atoms with Gasteiger partial charge in [-0.25, -0.2) is 4.98 Å². The zero-order chi connectivity index (χ0) is 21.1. The first-order valence-electron chi connectivity index (χ1n) is 10.3. The molecule has 7 heteroatoms. The molecule has 1 aromatic heterocycles. The third-order valence-electron chi connectivity index (χ3n) is 5.52. The van der Waals surface area contributed by atoms with E-state index in [4.69, 9.17) is 14.5 Å². The summed E-state index contributed by atoms with van der Waals surface area (Å²) in [6.45, 7) is 9.17. The molecule has 1 aliphatic heterocycles. The average Bonchev–Trinajstić information content (AvgIpc) is 3.18. The van der Waals surface area contributed by atoms with Gasteiger partial charge in [-0.15, -0.1) is 0 Å². The molecule has 0 unspecified atom stereocenters. The number of amides is 1. The highest BCUT2D eigenvalue weighted by Gasteiger charge is 2.24. The van der Waals surface area contributed by atoms with Gasteiger partial charge in [-0.05, 0) is 55.3 Å². The minimum atomic E-state index is -0.0289. The fourth-order valence-corrected chi connectivity index (χ4v) is 4.99. The lowest BCUT2D eigenvalue weighted by atomic mass is 10.1. The first-order valence-corrected chi connectivity index (χ1v) is 11.1. The van der Waals surface area contributed by atoms with Crippen molar-refractivity contribution in [2.75, 3.05) is 51.4 Å². The molecule has 0 bridgehead atoms. The summed E-state index contributed by atoms with van der Waals surface area (Å²) in [6, 6.07) is 11.6. The average molecular weight is 427 g/mol. The van der Waals surface area contributed by atoms with E-state index in [1.54, 1.807) is 18.4 Å². The smallest absolute Gasteiger partial charge is 0.260 e. The van der Waals surface area contributed by atoms with Crippen LogP contribution in [-0.2, 0) is 4.74 Å². The standard InChI is InChI=1S/C23H27N3O3S/c1-16-14-17(2)21-20(15-16)30-23(24-21)26(9-8-25-10-12-29-13-11-25)22(27)18-4-6-19(28-3)7-5-18/h4-7,14-15H,8-13H2,1-3H3/p+1. The van der Waals surface area contributed by atoms with Gasteiger partial charge >= 0.3 is 0 Å². The maximum absolute atomic E-state index is 13.5. The molecule has 0 atom stereocenters. The predicted octanol–water partition coefficient (Wildman–Crippen LogP) is 2.48. The highest BCUT2D eigenvalue weighted by Crippen LogP contribution is 2.32. The van der Waals surface area contributed by atoms with Crippen LogP contribution in [0.5, 0.6) is 5.75 Å². The zero-order valence-corrected chi connectivity index (χ0v) is 18.6. The molecular weight excluding hydrogens is 398 g/mol. The molecule has 1 saturated heterocycles. The van der Waals surface area contributed by atoms with Crippen molar-refractivity contribution in [1.29, 1.82) is 0 Å². The van der Waals surface area contributed by atoms with E-state index in [-0.39, 0.29) is 5.91 Å². The van der Waals surface area contributed by atoms with E-state index in [1.165, 1.54) is 10.5 Å². The SMILES string of the molecule is COc1ccc(C(=O)N(CC[NH+]2CCOCC2)c2nc3c(C)cc(C)cc3s2)cc1. The number of methoxy groups -OCH3 is 1. The summed E-state index contributed by atoms with van der Waals surface area (Å²) in [5.74, 6) is 0.709. The maximum atomic E-state index is 13.5. The van der Waals surface area contributed by atoms with Crippen molar-refractivity contribution in [3.8, 4) is 5.75 Å². The Morgan fingerprint density at radius 2 is 1.93 bits per heavy atom. The predicted molar refractivity (Wildman–Crippen MR) is 120 cm³/mol. The molecule has 2 aromatic carbocycles. The van der Waals surface area contributed by atoms with Crippen LogP contribution in [0.2, 0.25) is 0 Å². The number of aryl methyl sites for hydroxylation is 2. The quantitative estimate of drug-likeness (QED) is 0.658. The summed E-state index contributed by atoms with van der Waals surface area (Å²) in [5, 5.41) is 0.757. The van der Waals surface area contributed by atoms with Crippen molar-refractivity contribution in [2.45, 2.75) is 13.8 Å². The number of hydrogen-bond acceptors (Lipinski definition) is 5. The topological polar surface area (TPSA) is 56.1 Å². The number of quaternary nitrogens is 1. The fraction of sp³-hybridized carbons (Fsp3) is 0.391. The van der Waals surface area contributed by atoms with Crippen molar-refractivity contribution < 1.29 is 19.2 Å². The molecule has 1 aliphatic rings. The lowest BCUT2D eigenvalue weighted by Gasteiger charge is -2.27. The molecule has 1 N–H and O–H groups in total. The maximum Gasteiger partial charge on any atom is 0.260 e. The minimum Gasteiger partial charge on any atom is -0.497 e. The molecule has 4 rings (SSSR count). The fourth-order valence-electron chi connectivity index (χ4n) is 3.83. The summed E-state index contributed by atoms with van der Waals surface area (Å²) >= 11 is 1.59. The molecule has 158 valence electrons. The van der Waals surface area contributed by atoms with Gasteiger partial charge in [0, 0.05) is 5.56 Å². The van der Waals surface area contributed by atoms with Crippen LogP contribution in [0.3, 0.4) is 0 Å². The first-order chi connectivity index (χ1) is 14.5. The molecule has 0 radical (unpaired) electrons. The van der Waals surface area contributed by atoms with Crippen LogP contribution in [-0.4, -0.2) is 57.4 Å². The van der Waals surface area contributed by atoms with Crippen LogP contribution in [0.4, 0.5) is 5.13 Å². The molecular formula is C23H28N3O3S+. The van der Waals surface area contributed by atoms with E-state index in [1.807, 2.05) is 29.2 Å². The number of carbonyl (C=O) groups is 1. The monoisotopic (exact) mass is 426 g/mol. The number of aromatic nitrogens is 1. The van der Waals surface area contributed by atoms with Gasteiger partial charge in [0.05, 0.1) is 43.6 Å². The number of carbonyl (C=O) groups excluding carboxylic acids is 1. The lowest BCUT2D eigenvalue weighted by Crippen LogP contribution is -3.14. The van der Waals surface area contributed by atoms with E-state index in [0.717, 1.165) is 59.5 Å². The van der Waals surface area contributed by atoms with Crippen LogP contribution in [0.15, 0.2) is 36.4 Å². The Morgan fingerprint density at radius 3 is 2.63 bits per heavy atom. The van der Waals surface area contributed by atoms with Gasteiger partial charge < -0.3 is 14.4 Å². The van der Waals surface area contributed by atoms with E-state index >= 15 is 0 Å². The number of ether oxygens (including phenoxy) is 2. The van der Waals surface area contributed by atoms with Gasteiger partial charge in [0.15, 0.2) is 5.13 Å². The number of nitrogens with zero attached hydrogens (tertiary/aromatic N) is 2. The second-order valence-corrected chi connectivity index (χ2v) is 8.73. The second-order valence-electron chi connectivity index (χ2n) is 7.72. The van der Waals surface area contributed by atoms with Crippen molar-refractivity contribution in [2.24, 2.45) is 0 Å². The number of nitrogens with one attached hydrogen (secondary N) is 1. The number of rotatable bonds is 6. The number of morpholine rings is 1. The zero-order valence-electron chi connectivity index (χ0n) is 17.7. The third-order valence-corrected chi connectivity index (χ3v) is 6.55. The highest BCUT2D eigenvalue weighted by molar-refractivity contribution is 7.22. The Balaban J connectivity index is 1.65. The van der Waals surface area contributed by atoms with Crippen molar-refractivity contribution in [1.82, 2.24) is 4.98 Å². The summed E-state index contributed by atoms with van der Waals surface area (Å²) in [5.41, 5.74) is 3.97. The molecule has 1 fully saturated rings. The van der Waals surface area contributed by atoms with Crippen molar-refractivity contribution in [3.63, 3.8) is 0 Å².